The second-order valence-corrected chi connectivity index (χ2v) is 8.51. The van der Waals surface area contributed by atoms with Crippen LogP contribution >= 0.6 is 11.8 Å². The maximum Gasteiger partial charge on any atom is 0.277 e. The Morgan fingerprint density at radius 1 is 1.10 bits per heavy atom. The van der Waals surface area contributed by atoms with Crippen LogP contribution in [-0.4, -0.2) is 21.9 Å². The van der Waals surface area contributed by atoms with Crippen LogP contribution in [0.1, 0.15) is 47.9 Å². The van der Waals surface area contributed by atoms with Crippen molar-refractivity contribution in [3.63, 3.8) is 0 Å². The number of nitrogens with zero attached hydrogens (tertiary/aromatic N) is 2. The van der Waals surface area contributed by atoms with Crippen molar-refractivity contribution >= 4 is 23.4 Å². The van der Waals surface area contributed by atoms with Gasteiger partial charge >= 0.3 is 0 Å². The molecule has 158 valence electrons. The van der Waals surface area contributed by atoms with Gasteiger partial charge < -0.3 is 14.5 Å². The highest BCUT2D eigenvalue weighted by Gasteiger charge is 2.13. The number of hydrogen-bond donors (Lipinski definition) is 1. The Morgan fingerprint density at radius 2 is 1.90 bits per heavy atom. The van der Waals surface area contributed by atoms with Crippen molar-refractivity contribution in [3.05, 3.63) is 64.5 Å². The molecular weight excluding hydrogens is 398 g/mol. The van der Waals surface area contributed by atoms with Crippen molar-refractivity contribution in [1.29, 1.82) is 0 Å². The van der Waals surface area contributed by atoms with Gasteiger partial charge in [-0.2, -0.15) is 0 Å². The summed E-state index contributed by atoms with van der Waals surface area (Å²) in [6.45, 7) is 10.5. The normalized spacial score (nSPS) is 11.0. The predicted molar refractivity (Wildman–Crippen MR) is 119 cm³/mol. The first-order valence-corrected chi connectivity index (χ1v) is 10.9. The third-order valence-electron chi connectivity index (χ3n) is 4.71. The highest BCUT2D eigenvalue weighted by molar-refractivity contribution is 7.99. The first-order chi connectivity index (χ1) is 14.3. The van der Waals surface area contributed by atoms with Crippen LogP contribution in [0.4, 0.5) is 5.69 Å². The van der Waals surface area contributed by atoms with Gasteiger partial charge in [0.15, 0.2) is 6.61 Å². The van der Waals surface area contributed by atoms with Gasteiger partial charge in [-0.05, 0) is 67.1 Å². The van der Waals surface area contributed by atoms with Crippen molar-refractivity contribution in [3.8, 4) is 5.75 Å². The second kappa shape index (κ2) is 9.80. The van der Waals surface area contributed by atoms with E-state index in [4.69, 9.17) is 9.15 Å². The molecule has 1 N–H and O–H groups in total. The Kier molecular flexibility index (Phi) is 7.15. The van der Waals surface area contributed by atoms with Crippen LogP contribution in [0.15, 0.2) is 46.0 Å². The number of rotatable bonds is 8. The molecule has 0 saturated heterocycles. The van der Waals surface area contributed by atoms with Crippen molar-refractivity contribution in [1.82, 2.24) is 10.2 Å². The fraction of sp³-hybridized carbons (Fsp3) is 0.348. The minimum Gasteiger partial charge on any atom is -0.484 e. The number of aryl methyl sites for hydroxylation is 3. The van der Waals surface area contributed by atoms with E-state index in [9.17, 15) is 4.79 Å². The van der Waals surface area contributed by atoms with Crippen molar-refractivity contribution in [2.75, 3.05) is 11.1 Å². The molecule has 30 heavy (non-hydrogen) atoms. The van der Waals surface area contributed by atoms with E-state index >= 15 is 0 Å². The Morgan fingerprint density at radius 3 is 2.63 bits per heavy atom. The molecule has 0 radical (unpaired) electrons. The highest BCUT2D eigenvalue weighted by atomic mass is 32.2. The third-order valence-corrected chi connectivity index (χ3v) is 5.53. The Labute approximate surface area is 181 Å². The van der Waals surface area contributed by atoms with Gasteiger partial charge in [0.1, 0.15) is 5.75 Å². The number of carbonyl (C=O) groups is 1. The lowest BCUT2D eigenvalue weighted by molar-refractivity contribution is -0.113. The van der Waals surface area contributed by atoms with Gasteiger partial charge in [-0.15, -0.1) is 10.2 Å². The summed E-state index contributed by atoms with van der Waals surface area (Å²) in [5.74, 6) is 1.62. The molecule has 0 unspecified atom stereocenters. The summed E-state index contributed by atoms with van der Waals surface area (Å²) < 4.78 is 11.5. The van der Waals surface area contributed by atoms with Gasteiger partial charge in [0, 0.05) is 5.69 Å². The van der Waals surface area contributed by atoms with E-state index in [2.05, 4.69) is 41.5 Å². The number of ether oxygens (including phenoxy) is 1. The van der Waals surface area contributed by atoms with Crippen LogP contribution in [-0.2, 0) is 11.4 Å². The number of benzene rings is 2. The minimum atomic E-state index is -0.124. The first kappa shape index (κ1) is 21.9. The molecular formula is C23H27N3O3S. The van der Waals surface area contributed by atoms with E-state index < -0.39 is 0 Å². The molecule has 0 aliphatic rings. The average Bonchev–Trinajstić information content (AvgIpc) is 3.15. The zero-order chi connectivity index (χ0) is 21.7. The van der Waals surface area contributed by atoms with Crippen molar-refractivity contribution < 1.29 is 13.9 Å². The lowest BCUT2D eigenvalue weighted by atomic mass is 10.0. The number of amides is 1. The van der Waals surface area contributed by atoms with Crippen LogP contribution < -0.4 is 10.1 Å². The number of anilines is 1. The summed E-state index contributed by atoms with van der Waals surface area (Å²) in [6, 6.07) is 12.0. The van der Waals surface area contributed by atoms with Crippen molar-refractivity contribution in [2.24, 2.45) is 0 Å². The van der Waals surface area contributed by atoms with E-state index in [1.54, 1.807) is 0 Å². The fourth-order valence-electron chi connectivity index (χ4n) is 2.88. The topological polar surface area (TPSA) is 77.2 Å². The molecule has 0 saturated carbocycles. The van der Waals surface area contributed by atoms with E-state index in [1.807, 2.05) is 45.0 Å². The average molecular weight is 426 g/mol. The Balaban J connectivity index is 1.52. The lowest BCUT2D eigenvalue weighted by Gasteiger charge is -2.13. The summed E-state index contributed by atoms with van der Waals surface area (Å²) >= 11 is 1.20. The van der Waals surface area contributed by atoms with E-state index in [0.717, 1.165) is 28.1 Å². The first-order valence-electron chi connectivity index (χ1n) is 9.87. The molecule has 2 aromatic carbocycles. The predicted octanol–water partition coefficient (Wildman–Crippen LogP) is 5.43. The number of thioether (sulfide) groups is 1. The molecule has 0 spiro atoms. The molecule has 3 rings (SSSR count). The van der Waals surface area contributed by atoms with Gasteiger partial charge in [-0.3, -0.25) is 4.79 Å². The molecule has 0 bridgehead atoms. The zero-order valence-corrected chi connectivity index (χ0v) is 18.8. The van der Waals surface area contributed by atoms with Gasteiger partial charge in [0.25, 0.3) is 11.1 Å². The van der Waals surface area contributed by atoms with E-state index in [1.165, 1.54) is 17.3 Å². The van der Waals surface area contributed by atoms with Crippen LogP contribution in [0.5, 0.6) is 5.75 Å². The molecule has 1 aromatic heterocycles. The van der Waals surface area contributed by atoms with Crippen LogP contribution in [0.25, 0.3) is 0 Å². The van der Waals surface area contributed by atoms with Crippen LogP contribution in [0.3, 0.4) is 0 Å². The monoisotopic (exact) mass is 425 g/mol. The summed E-state index contributed by atoms with van der Waals surface area (Å²) in [7, 11) is 0. The Bertz CT molecular complexity index is 1030. The summed E-state index contributed by atoms with van der Waals surface area (Å²) in [6.07, 6.45) is 0. The SMILES string of the molecule is Cc1ccc(C(C)C)c(OCc2nnc(SCC(=O)Nc3ccc(C)c(C)c3)o2)c1. The van der Waals surface area contributed by atoms with Gasteiger partial charge in [-0.1, -0.05) is 43.8 Å². The molecule has 1 heterocycles. The number of nitrogens with one attached hydrogen (secondary N) is 1. The standard InChI is InChI=1S/C23H27N3O3S/c1-14(2)19-9-6-15(3)10-20(19)28-12-22-25-26-23(29-22)30-13-21(27)24-18-8-7-16(4)17(5)11-18/h6-11,14H,12-13H2,1-5H3,(H,24,27). The molecule has 7 heteroatoms. The molecule has 0 aliphatic heterocycles. The van der Waals surface area contributed by atoms with Crippen molar-refractivity contribution in [2.45, 2.75) is 52.4 Å². The quantitative estimate of drug-likeness (QED) is 0.485. The largest absolute Gasteiger partial charge is 0.484 e. The lowest BCUT2D eigenvalue weighted by Crippen LogP contribution is -2.14. The summed E-state index contributed by atoms with van der Waals surface area (Å²) in [5.41, 5.74) is 5.37. The maximum atomic E-state index is 12.2. The summed E-state index contributed by atoms with van der Waals surface area (Å²) in [4.78, 5) is 12.2. The van der Waals surface area contributed by atoms with Crippen LogP contribution in [0, 0.1) is 20.8 Å². The third kappa shape index (κ3) is 5.86. The highest BCUT2D eigenvalue weighted by Crippen LogP contribution is 2.28. The van der Waals surface area contributed by atoms with Gasteiger partial charge in [0.2, 0.25) is 5.91 Å². The zero-order valence-electron chi connectivity index (χ0n) is 18.0. The molecule has 3 aromatic rings. The van der Waals surface area contributed by atoms with E-state index in [0.29, 0.717) is 17.0 Å². The maximum absolute atomic E-state index is 12.2. The Hall–Kier alpha value is -2.80. The molecule has 0 aliphatic carbocycles. The number of aromatic nitrogens is 2. The van der Waals surface area contributed by atoms with Gasteiger partial charge in [-0.25, -0.2) is 0 Å². The molecule has 0 fully saturated rings. The molecule has 1 amide bonds. The van der Waals surface area contributed by atoms with Crippen LogP contribution in [0.2, 0.25) is 0 Å². The minimum absolute atomic E-state index is 0.124. The summed E-state index contributed by atoms with van der Waals surface area (Å²) in [5, 5.41) is 11.2. The fourth-order valence-corrected chi connectivity index (χ4v) is 3.46. The smallest absolute Gasteiger partial charge is 0.277 e. The molecule has 6 nitrogen and oxygen atoms in total. The molecule has 0 atom stereocenters. The van der Waals surface area contributed by atoms with E-state index in [-0.39, 0.29) is 18.3 Å². The van der Waals surface area contributed by atoms with Gasteiger partial charge in [0.05, 0.1) is 5.75 Å². The second-order valence-electron chi connectivity index (χ2n) is 7.58. The number of hydrogen-bond acceptors (Lipinski definition) is 6. The number of carbonyl (C=O) groups excluding carboxylic acids is 1.